The van der Waals surface area contributed by atoms with Crippen LogP contribution in [0, 0.1) is 6.92 Å². The maximum atomic E-state index is 12.4. The number of hydrogen-bond acceptors (Lipinski definition) is 3. The normalized spacial score (nSPS) is 10.7. The summed E-state index contributed by atoms with van der Waals surface area (Å²) in [5.74, 6) is -0.390. The molecule has 2 aromatic heterocycles. The van der Waals surface area contributed by atoms with Gasteiger partial charge < -0.3 is 5.32 Å². The van der Waals surface area contributed by atoms with Crippen LogP contribution in [0.4, 0.5) is 5.69 Å². The number of benzene rings is 1. The number of carbonyl (C=O) groups excluding carboxylic acids is 1. The van der Waals surface area contributed by atoms with Crippen LogP contribution in [-0.2, 0) is 0 Å². The minimum absolute atomic E-state index is 0.172. The number of rotatable bonds is 2. The number of nitrogens with zero attached hydrogens (tertiary/aromatic N) is 2. The molecule has 6 heteroatoms. The Morgan fingerprint density at radius 1 is 1.14 bits per heavy atom. The Morgan fingerprint density at radius 3 is 2.73 bits per heavy atom. The molecule has 4 nitrogen and oxygen atoms in total. The molecule has 22 heavy (non-hydrogen) atoms. The molecule has 0 aliphatic rings. The monoisotopic (exact) mass is 331 g/mol. The van der Waals surface area contributed by atoms with E-state index in [9.17, 15) is 4.79 Å². The standard InChI is InChI=1S/C16H11Cl2N3O/c1-9-7-12(18)15(20-8-9)16(22)21-13-4-2-3-10-11(17)5-6-19-14(10)13/h2-8H,1H3,(H,21,22). The Hall–Kier alpha value is -2.17. The fraction of sp³-hybridized carbons (Fsp3) is 0.0625. The van der Waals surface area contributed by atoms with Gasteiger partial charge in [0.2, 0.25) is 0 Å². The highest BCUT2D eigenvalue weighted by Crippen LogP contribution is 2.27. The van der Waals surface area contributed by atoms with Gasteiger partial charge in [-0.15, -0.1) is 0 Å². The summed E-state index contributed by atoms with van der Waals surface area (Å²) in [7, 11) is 0. The van der Waals surface area contributed by atoms with Crippen molar-refractivity contribution in [3.05, 3.63) is 64.0 Å². The minimum Gasteiger partial charge on any atom is -0.319 e. The smallest absolute Gasteiger partial charge is 0.275 e. The molecule has 0 fully saturated rings. The molecule has 110 valence electrons. The summed E-state index contributed by atoms with van der Waals surface area (Å²) < 4.78 is 0. The van der Waals surface area contributed by atoms with E-state index in [0.717, 1.165) is 10.9 Å². The van der Waals surface area contributed by atoms with Crippen molar-refractivity contribution in [3.8, 4) is 0 Å². The number of nitrogens with one attached hydrogen (secondary N) is 1. The van der Waals surface area contributed by atoms with Crippen LogP contribution in [-0.4, -0.2) is 15.9 Å². The lowest BCUT2D eigenvalue weighted by Crippen LogP contribution is -2.14. The van der Waals surface area contributed by atoms with E-state index in [0.29, 0.717) is 21.2 Å². The topological polar surface area (TPSA) is 54.9 Å². The summed E-state index contributed by atoms with van der Waals surface area (Å²) in [5, 5.41) is 4.44. The maximum Gasteiger partial charge on any atom is 0.275 e. The quantitative estimate of drug-likeness (QED) is 0.752. The van der Waals surface area contributed by atoms with Crippen molar-refractivity contribution in [3.63, 3.8) is 0 Å². The average Bonchev–Trinajstić information content (AvgIpc) is 2.48. The Labute approximate surface area is 137 Å². The van der Waals surface area contributed by atoms with Gasteiger partial charge >= 0.3 is 0 Å². The largest absolute Gasteiger partial charge is 0.319 e. The second-order valence-corrected chi connectivity index (χ2v) is 5.61. The van der Waals surface area contributed by atoms with E-state index >= 15 is 0 Å². The van der Waals surface area contributed by atoms with Gasteiger partial charge in [0.15, 0.2) is 0 Å². The molecule has 0 spiro atoms. The van der Waals surface area contributed by atoms with E-state index in [-0.39, 0.29) is 11.6 Å². The molecular weight excluding hydrogens is 321 g/mol. The van der Waals surface area contributed by atoms with Crippen LogP contribution >= 0.6 is 23.2 Å². The van der Waals surface area contributed by atoms with Crippen LogP contribution in [0.1, 0.15) is 16.1 Å². The predicted octanol–water partition coefficient (Wildman–Crippen LogP) is 4.50. The zero-order chi connectivity index (χ0) is 15.7. The fourth-order valence-corrected chi connectivity index (χ4v) is 2.64. The molecule has 0 atom stereocenters. The first-order valence-electron chi connectivity index (χ1n) is 6.53. The number of aryl methyl sites for hydroxylation is 1. The number of amides is 1. The summed E-state index contributed by atoms with van der Waals surface area (Å²) in [6, 6.07) is 8.80. The molecule has 0 aliphatic carbocycles. The highest BCUT2D eigenvalue weighted by Gasteiger charge is 2.14. The summed E-state index contributed by atoms with van der Waals surface area (Å²) >= 11 is 12.2. The van der Waals surface area contributed by atoms with Crippen LogP contribution in [0.5, 0.6) is 0 Å². The fourth-order valence-electron chi connectivity index (χ4n) is 2.13. The van der Waals surface area contributed by atoms with Gasteiger partial charge in [0, 0.05) is 17.8 Å². The van der Waals surface area contributed by atoms with Crippen molar-refractivity contribution in [1.29, 1.82) is 0 Å². The second kappa shape index (κ2) is 5.91. The number of carbonyl (C=O) groups is 1. The molecule has 0 saturated heterocycles. The first kappa shape index (κ1) is 14.8. The molecule has 0 bridgehead atoms. The highest BCUT2D eigenvalue weighted by atomic mass is 35.5. The molecule has 3 aromatic rings. The number of hydrogen-bond donors (Lipinski definition) is 1. The third-order valence-electron chi connectivity index (χ3n) is 3.16. The molecule has 0 saturated carbocycles. The molecular formula is C16H11Cl2N3O. The number of anilines is 1. The van der Waals surface area contributed by atoms with E-state index in [1.165, 1.54) is 0 Å². The van der Waals surface area contributed by atoms with Crippen LogP contribution in [0.2, 0.25) is 10.0 Å². The SMILES string of the molecule is Cc1cnc(C(=O)Nc2cccc3c(Cl)ccnc23)c(Cl)c1. The van der Waals surface area contributed by atoms with Crippen molar-refractivity contribution in [1.82, 2.24) is 9.97 Å². The van der Waals surface area contributed by atoms with Crippen LogP contribution < -0.4 is 5.32 Å². The van der Waals surface area contributed by atoms with Crippen LogP contribution in [0.3, 0.4) is 0 Å². The van der Waals surface area contributed by atoms with Crippen LogP contribution in [0.15, 0.2) is 42.7 Å². The van der Waals surface area contributed by atoms with Gasteiger partial charge in [-0.25, -0.2) is 4.98 Å². The second-order valence-electron chi connectivity index (χ2n) is 4.79. The minimum atomic E-state index is -0.390. The van der Waals surface area contributed by atoms with E-state index in [4.69, 9.17) is 23.2 Å². The zero-order valence-corrected chi connectivity index (χ0v) is 13.1. The Morgan fingerprint density at radius 2 is 1.95 bits per heavy atom. The molecule has 0 radical (unpaired) electrons. The predicted molar refractivity (Wildman–Crippen MR) is 88.7 cm³/mol. The molecule has 0 aliphatic heterocycles. The van der Waals surface area contributed by atoms with E-state index < -0.39 is 0 Å². The van der Waals surface area contributed by atoms with Gasteiger partial charge in [-0.2, -0.15) is 0 Å². The zero-order valence-electron chi connectivity index (χ0n) is 11.6. The van der Waals surface area contributed by atoms with Crippen molar-refractivity contribution < 1.29 is 4.79 Å². The summed E-state index contributed by atoms with van der Waals surface area (Å²) in [4.78, 5) is 20.7. The Bertz CT molecular complexity index is 880. The molecule has 0 unspecified atom stereocenters. The summed E-state index contributed by atoms with van der Waals surface area (Å²) in [6.45, 7) is 1.86. The lowest BCUT2D eigenvalue weighted by molar-refractivity contribution is 0.102. The molecule has 1 N–H and O–H groups in total. The first-order chi connectivity index (χ1) is 10.6. The third kappa shape index (κ3) is 2.75. The molecule has 3 rings (SSSR count). The van der Waals surface area contributed by atoms with Crippen molar-refractivity contribution in [2.24, 2.45) is 0 Å². The van der Waals surface area contributed by atoms with Gasteiger partial charge in [-0.05, 0) is 30.7 Å². The Kier molecular flexibility index (Phi) is 3.96. The number of pyridine rings is 2. The van der Waals surface area contributed by atoms with E-state index in [2.05, 4.69) is 15.3 Å². The van der Waals surface area contributed by atoms with Crippen molar-refractivity contribution in [2.75, 3.05) is 5.32 Å². The summed E-state index contributed by atoms with van der Waals surface area (Å²) in [6.07, 6.45) is 3.19. The number of fused-ring (bicyclic) bond motifs is 1. The maximum absolute atomic E-state index is 12.4. The lowest BCUT2D eigenvalue weighted by Gasteiger charge is -2.09. The van der Waals surface area contributed by atoms with E-state index in [1.807, 2.05) is 13.0 Å². The first-order valence-corrected chi connectivity index (χ1v) is 7.28. The molecule has 2 heterocycles. The van der Waals surface area contributed by atoms with Crippen LogP contribution in [0.25, 0.3) is 10.9 Å². The average molecular weight is 332 g/mol. The van der Waals surface area contributed by atoms with Gasteiger partial charge in [-0.1, -0.05) is 35.3 Å². The Balaban J connectivity index is 2.00. The highest BCUT2D eigenvalue weighted by molar-refractivity contribution is 6.36. The van der Waals surface area contributed by atoms with Gasteiger partial charge in [-0.3, -0.25) is 9.78 Å². The molecule has 1 aromatic carbocycles. The number of aromatic nitrogens is 2. The van der Waals surface area contributed by atoms with Gasteiger partial charge in [0.25, 0.3) is 5.91 Å². The van der Waals surface area contributed by atoms with Crippen molar-refractivity contribution >= 4 is 45.7 Å². The summed E-state index contributed by atoms with van der Waals surface area (Å²) in [5.41, 5.74) is 2.24. The van der Waals surface area contributed by atoms with Gasteiger partial charge in [0.1, 0.15) is 5.69 Å². The van der Waals surface area contributed by atoms with Gasteiger partial charge in [0.05, 0.1) is 21.2 Å². The van der Waals surface area contributed by atoms with E-state index in [1.54, 1.807) is 36.7 Å². The third-order valence-corrected chi connectivity index (χ3v) is 3.78. The number of para-hydroxylation sites is 1. The van der Waals surface area contributed by atoms with Crippen molar-refractivity contribution in [2.45, 2.75) is 6.92 Å². The molecule has 1 amide bonds. The lowest BCUT2D eigenvalue weighted by atomic mass is 10.2. The number of halogens is 2.